The first-order chi connectivity index (χ1) is 16.8. The summed E-state index contributed by atoms with van der Waals surface area (Å²) in [7, 11) is 1.50. The molecule has 35 heavy (non-hydrogen) atoms. The van der Waals surface area contributed by atoms with E-state index in [-0.39, 0.29) is 18.8 Å². The van der Waals surface area contributed by atoms with Crippen molar-refractivity contribution in [3.05, 3.63) is 84.4 Å². The molecule has 7 nitrogen and oxygen atoms in total. The number of carbonyl (C=O) groups excluding carboxylic acids is 2. The van der Waals surface area contributed by atoms with E-state index in [2.05, 4.69) is 16.0 Å². The molecule has 0 radical (unpaired) electrons. The Morgan fingerprint density at radius 3 is 2.34 bits per heavy atom. The third-order valence-corrected chi connectivity index (χ3v) is 4.95. The number of halogens is 3. The number of rotatable bonds is 8. The lowest BCUT2D eigenvalue weighted by Gasteiger charge is -2.23. The Bertz CT molecular complexity index is 1140. The lowest BCUT2D eigenvalue weighted by Crippen LogP contribution is -2.38. The summed E-state index contributed by atoms with van der Waals surface area (Å²) in [5.74, 6) is 0.518. The summed E-state index contributed by atoms with van der Waals surface area (Å²) in [4.78, 5) is 26.6. The maximum atomic E-state index is 13.0. The zero-order valence-electron chi connectivity index (χ0n) is 18.9. The first kappa shape index (κ1) is 25.4. The fourth-order valence-electron chi connectivity index (χ4n) is 3.27. The van der Waals surface area contributed by atoms with E-state index in [4.69, 9.17) is 4.74 Å². The predicted octanol–water partition coefficient (Wildman–Crippen LogP) is 5.96. The number of amides is 4. The Labute approximate surface area is 200 Å². The van der Waals surface area contributed by atoms with Gasteiger partial charge in [-0.25, -0.2) is 9.59 Å². The first-order valence-electron chi connectivity index (χ1n) is 10.8. The molecule has 0 saturated carbocycles. The highest BCUT2D eigenvalue weighted by Crippen LogP contribution is 2.31. The van der Waals surface area contributed by atoms with Gasteiger partial charge in [0.05, 0.1) is 18.4 Å². The Hall–Kier alpha value is -4.21. The number of nitrogens with zero attached hydrogens (tertiary/aromatic N) is 1. The minimum Gasteiger partial charge on any atom is -0.495 e. The molecule has 0 bridgehead atoms. The van der Waals surface area contributed by atoms with Crippen molar-refractivity contribution >= 4 is 29.1 Å². The van der Waals surface area contributed by atoms with E-state index in [0.717, 1.165) is 12.1 Å². The number of nitrogens with one attached hydrogen (secondary N) is 3. The molecule has 4 amide bonds. The minimum absolute atomic E-state index is 0.0278. The molecule has 0 aliphatic rings. The molecule has 3 N–H and O–H groups in total. The summed E-state index contributed by atoms with van der Waals surface area (Å²) in [5, 5.41) is 7.93. The highest BCUT2D eigenvalue weighted by molar-refractivity contribution is 6.01. The Kier molecular flexibility index (Phi) is 8.55. The molecule has 0 spiro atoms. The van der Waals surface area contributed by atoms with Crippen LogP contribution >= 0.6 is 0 Å². The van der Waals surface area contributed by atoms with E-state index < -0.39 is 23.8 Å². The summed E-state index contributed by atoms with van der Waals surface area (Å²) >= 11 is 0. The van der Waals surface area contributed by atoms with Crippen LogP contribution < -0.4 is 25.6 Å². The van der Waals surface area contributed by atoms with Crippen LogP contribution in [0.5, 0.6) is 5.75 Å². The number of hydrogen-bond donors (Lipinski definition) is 3. The lowest BCUT2D eigenvalue weighted by atomic mass is 10.2. The number of alkyl halides is 3. The summed E-state index contributed by atoms with van der Waals surface area (Å²) in [5.41, 5.74) is 0.251. The number of methoxy groups -OCH3 is 1. The van der Waals surface area contributed by atoms with Gasteiger partial charge in [0.2, 0.25) is 0 Å². The highest BCUT2D eigenvalue weighted by Gasteiger charge is 2.30. The number of para-hydroxylation sites is 3. The zero-order chi connectivity index (χ0) is 25.3. The van der Waals surface area contributed by atoms with Gasteiger partial charge in [-0.3, -0.25) is 4.90 Å². The van der Waals surface area contributed by atoms with Crippen LogP contribution in [0.4, 0.5) is 39.8 Å². The van der Waals surface area contributed by atoms with Crippen LogP contribution in [0, 0.1) is 0 Å². The predicted molar refractivity (Wildman–Crippen MR) is 129 cm³/mol. The van der Waals surface area contributed by atoms with Gasteiger partial charge < -0.3 is 20.7 Å². The molecule has 0 heterocycles. The summed E-state index contributed by atoms with van der Waals surface area (Å²) in [6.07, 6.45) is -4.12. The van der Waals surface area contributed by atoms with E-state index in [0.29, 0.717) is 23.5 Å². The summed E-state index contributed by atoms with van der Waals surface area (Å²) in [6.45, 7) is 0.463. The Balaban J connectivity index is 1.60. The average Bonchev–Trinajstić information content (AvgIpc) is 2.84. The van der Waals surface area contributed by atoms with Gasteiger partial charge >= 0.3 is 18.2 Å². The number of benzene rings is 3. The van der Waals surface area contributed by atoms with Crippen molar-refractivity contribution in [3.63, 3.8) is 0 Å². The van der Waals surface area contributed by atoms with E-state index in [1.165, 1.54) is 24.1 Å². The Morgan fingerprint density at radius 1 is 0.914 bits per heavy atom. The molecule has 3 rings (SSSR count). The van der Waals surface area contributed by atoms with Crippen molar-refractivity contribution in [2.45, 2.75) is 12.6 Å². The van der Waals surface area contributed by atoms with Gasteiger partial charge in [0.15, 0.2) is 0 Å². The van der Waals surface area contributed by atoms with Crippen molar-refractivity contribution in [2.75, 3.05) is 35.7 Å². The second-order valence-corrected chi connectivity index (χ2v) is 7.43. The minimum atomic E-state index is -4.52. The summed E-state index contributed by atoms with van der Waals surface area (Å²) in [6, 6.07) is 19.1. The van der Waals surface area contributed by atoms with Crippen LogP contribution in [-0.4, -0.2) is 32.3 Å². The monoisotopic (exact) mass is 486 g/mol. The number of anilines is 3. The quantitative estimate of drug-likeness (QED) is 0.344. The van der Waals surface area contributed by atoms with E-state index in [9.17, 15) is 22.8 Å². The van der Waals surface area contributed by atoms with Crippen LogP contribution in [0.15, 0.2) is 78.9 Å². The molecule has 3 aromatic rings. The normalized spacial score (nSPS) is 10.9. The van der Waals surface area contributed by atoms with Crippen LogP contribution in [0.25, 0.3) is 0 Å². The first-order valence-corrected chi connectivity index (χ1v) is 10.8. The molecule has 0 aromatic heterocycles. The van der Waals surface area contributed by atoms with Crippen molar-refractivity contribution in [1.29, 1.82) is 0 Å². The smallest absolute Gasteiger partial charge is 0.416 e. The van der Waals surface area contributed by atoms with Crippen molar-refractivity contribution in [3.8, 4) is 5.75 Å². The second kappa shape index (κ2) is 11.8. The average molecular weight is 486 g/mol. The largest absolute Gasteiger partial charge is 0.495 e. The molecule has 0 aliphatic heterocycles. The van der Waals surface area contributed by atoms with Gasteiger partial charge in [0, 0.05) is 24.5 Å². The van der Waals surface area contributed by atoms with Gasteiger partial charge in [-0.15, -0.1) is 0 Å². The van der Waals surface area contributed by atoms with Crippen molar-refractivity contribution in [2.24, 2.45) is 0 Å². The number of urea groups is 2. The molecule has 0 saturated heterocycles. The van der Waals surface area contributed by atoms with Crippen LogP contribution in [-0.2, 0) is 6.18 Å². The van der Waals surface area contributed by atoms with Gasteiger partial charge in [-0.05, 0) is 48.9 Å². The molecule has 3 aromatic carbocycles. The number of ether oxygens (including phenoxy) is 1. The van der Waals surface area contributed by atoms with Crippen LogP contribution in [0.3, 0.4) is 0 Å². The van der Waals surface area contributed by atoms with Crippen molar-refractivity contribution < 1.29 is 27.5 Å². The molecule has 0 fully saturated rings. The Morgan fingerprint density at radius 2 is 1.63 bits per heavy atom. The van der Waals surface area contributed by atoms with Crippen LogP contribution in [0.2, 0.25) is 0 Å². The molecule has 0 atom stereocenters. The van der Waals surface area contributed by atoms with Gasteiger partial charge in [0.1, 0.15) is 5.75 Å². The standard InChI is InChI=1S/C25H25F3N4O3/c1-35-22-14-6-5-13-21(22)31-23(33)29-15-8-16-32(20-11-3-2-4-12-20)24(34)30-19-10-7-9-18(17-19)25(26,27)28/h2-7,9-14,17H,8,15-16H2,1H3,(H,30,34)(H2,29,31,33). The van der Waals surface area contributed by atoms with Gasteiger partial charge in [-0.1, -0.05) is 36.4 Å². The molecule has 0 unspecified atom stereocenters. The molecular weight excluding hydrogens is 461 g/mol. The molecule has 0 aliphatic carbocycles. The molecular formula is C25H25F3N4O3. The molecule has 184 valence electrons. The maximum Gasteiger partial charge on any atom is 0.416 e. The fourth-order valence-corrected chi connectivity index (χ4v) is 3.27. The number of hydrogen-bond acceptors (Lipinski definition) is 3. The maximum absolute atomic E-state index is 13.0. The van der Waals surface area contributed by atoms with E-state index in [1.807, 2.05) is 0 Å². The highest BCUT2D eigenvalue weighted by atomic mass is 19.4. The third-order valence-electron chi connectivity index (χ3n) is 4.95. The van der Waals surface area contributed by atoms with E-state index >= 15 is 0 Å². The SMILES string of the molecule is COc1ccccc1NC(=O)NCCCN(C(=O)Nc1cccc(C(F)(F)F)c1)c1ccccc1. The van der Waals surface area contributed by atoms with Gasteiger partial charge in [-0.2, -0.15) is 13.2 Å². The van der Waals surface area contributed by atoms with E-state index in [1.54, 1.807) is 54.6 Å². The van der Waals surface area contributed by atoms with Crippen molar-refractivity contribution in [1.82, 2.24) is 5.32 Å². The summed E-state index contributed by atoms with van der Waals surface area (Å²) < 4.78 is 44.2. The fraction of sp³-hybridized carbons (Fsp3) is 0.200. The zero-order valence-corrected chi connectivity index (χ0v) is 18.9. The topological polar surface area (TPSA) is 82.7 Å². The van der Waals surface area contributed by atoms with Gasteiger partial charge in [0.25, 0.3) is 0 Å². The third kappa shape index (κ3) is 7.39. The lowest BCUT2D eigenvalue weighted by molar-refractivity contribution is -0.137. The van der Waals surface area contributed by atoms with Crippen LogP contribution in [0.1, 0.15) is 12.0 Å². The molecule has 10 heteroatoms. The second-order valence-electron chi connectivity index (χ2n) is 7.43. The number of carbonyl (C=O) groups is 2.